The van der Waals surface area contributed by atoms with Gasteiger partial charge in [-0.15, -0.1) is 10.2 Å². The van der Waals surface area contributed by atoms with Gasteiger partial charge in [0.15, 0.2) is 5.82 Å². The Morgan fingerprint density at radius 3 is 2.93 bits per heavy atom. The number of fused-ring (bicyclic) bond motifs is 1. The average Bonchev–Trinajstić information content (AvgIpc) is 3.21. The molecule has 1 N–H and O–H groups in total. The van der Waals surface area contributed by atoms with Crippen LogP contribution in [0, 0.1) is 12.8 Å². The third-order valence-corrected chi connectivity index (χ3v) is 5.79. The van der Waals surface area contributed by atoms with E-state index < -0.39 is 0 Å². The molecule has 0 aromatic carbocycles. The van der Waals surface area contributed by atoms with Gasteiger partial charge in [0, 0.05) is 32.6 Å². The fourth-order valence-electron chi connectivity index (χ4n) is 4.20. The minimum Gasteiger partial charge on any atom is -0.465 e. The van der Waals surface area contributed by atoms with Gasteiger partial charge in [-0.25, -0.2) is 0 Å². The summed E-state index contributed by atoms with van der Waals surface area (Å²) in [7, 11) is 2.08. The van der Waals surface area contributed by atoms with Crippen molar-refractivity contribution in [2.24, 2.45) is 5.92 Å². The molecule has 152 valence electrons. The molecule has 1 fully saturated rings. The van der Waals surface area contributed by atoms with E-state index in [4.69, 9.17) is 4.42 Å². The number of furan rings is 1. The van der Waals surface area contributed by atoms with Crippen LogP contribution >= 0.6 is 0 Å². The third-order valence-electron chi connectivity index (χ3n) is 5.79. The number of amides is 1. The summed E-state index contributed by atoms with van der Waals surface area (Å²) in [6.07, 6.45) is 2.91. The van der Waals surface area contributed by atoms with Crippen molar-refractivity contribution in [3.63, 3.8) is 0 Å². The maximum absolute atomic E-state index is 12.5. The lowest BCUT2D eigenvalue weighted by molar-refractivity contribution is -0.126. The van der Waals surface area contributed by atoms with E-state index in [1.54, 1.807) is 0 Å². The van der Waals surface area contributed by atoms with Crippen molar-refractivity contribution < 1.29 is 9.21 Å². The molecule has 2 aromatic rings. The summed E-state index contributed by atoms with van der Waals surface area (Å²) in [4.78, 5) is 17.1. The van der Waals surface area contributed by atoms with Crippen LogP contribution in [0.5, 0.6) is 0 Å². The van der Waals surface area contributed by atoms with E-state index in [0.29, 0.717) is 6.54 Å². The first-order valence-electron chi connectivity index (χ1n) is 10.2. The minimum atomic E-state index is 0.0810. The molecule has 2 aliphatic rings. The van der Waals surface area contributed by atoms with Crippen LogP contribution in [-0.2, 0) is 30.8 Å². The topological polar surface area (TPSA) is 79.4 Å². The van der Waals surface area contributed by atoms with Crippen LogP contribution in [0.2, 0.25) is 0 Å². The zero-order chi connectivity index (χ0) is 19.5. The molecule has 8 nitrogen and oxygen atoms in total. The number of likely N-dealkylation sites (tertiary alicyclic amines) is 1. The zero-order valence-electron chi connectivity index (χ0n) is 16.9. The van der Waals surface area contributed by atoms with Crippen LogP contribution in [-0.4, -0.2) is 63.7 Å². The Balaban J connectivity index is 1.32. The third kappa shape index (κ3) is 4.44. The fourth-order valence-corrected chi connectivity index (χ4v) is 4.20. The summed E-state index contributed by atoms with van der Waals surface area (Å²) in [6, 6.07) is 4.05. The van der Waals surface area contributed by atoms with Gasteiger partial charge in [-0.3, -0.25) is 9.69 Å². The second kappa shape index (κ2) is 8.45. The highest BCUT2D eigenvalue weighted by Crippen LogP contribution is 2.16. The van der Waals surface area contributed by atoms with Gasteiger partial charge in [-0.2, -0.15) is 0 Å². The summed E-state index contributed by atoms with van der Waals surface area (Å²) < 4.78 is 7.88. The lowest BCUT2D eigenvalue weighted by Crippen LogP contribution is -2.41. The molecule has 8 heteroatoms. The number of nitrogens with one attached hydrogen (secondary N) is 1. The van der Waals surface area contributed by atoms with E-state index in [2.05, 4.69) is 36.9 Å². The van der Waals surface area contributed by atoms with Gasteiger partial charge >= 0.3 is 0 Å². The molecule has 0 radical (unpaired) electrons. The number of rotatable bonds is 5. The minimum absolute atomic E-state index is 0.0810. The Bertz CT molecular complexity index is 813. The number of carbonyl (C=O) groups excluding carboxylic acids is 1. The number of aryl methyl sites for hydroxylation is 1. The van der Waals surface area contributed by atoms with Crippen LogP contribution in [0.3, 0.4) is 0 Å². The predicted octanol–water partition coefficient (Wildman–Crippen LogP) is 1.20. The van der Waals surface area contributed by atoms with Crippen LogP contribution < -0.4 is 5.32 Å². The molecular formula is C20H30N6O2. The summed E-state index contributed by atoms with van der Waals surface area (Å²) in [5, 5.41) is 11.8. The molecular weight excluding hydrogens is 356 g/mol. The van der Waals surface area contributed by atoms with E-state index >= 15 is 0 Å². The highest BCUT2D eigenvalue weighted by Gasteiger charge is 2.25. The van der Waals surface area contributed by atoms with E-state index in [1.165, 1.54) is 0 Å². The second-order valence-corrected chi connectivity index (χ2v) is 8.04. The van der Waals surface area contributed by atoms with Crippen molar-refractivity contribution >= 4 is 5.91 Å². The average molecular weight is 387 g/mol. The first-order valence-corrected chi connectivity index (χ1v) is 10.2. The number of hydrogen-bond donors (Lipinski definition) is 1. The van der Waals surface area contributed by atoms with Gasteiger partial charge in [0.05, 0.1) is 19.0 Å². The van der Waals surface area contributed by atoms with Crippen molar-refractivity contribution in [2.75, 3.05) is 33.2 Å². The number of hydrogen-bond acceptors (Lipinski definition) is 6. The largest absolute Gasteiger partial charge is 0.465 e. The van der Waals surface area contributed by atoms with E-state index in [-0.39, 0.29) is 11.8 Å². The van der Waals surface area contributed by atoms with Crippen molar-refractivity contribution in [3.05, 3.63) is 35.3 Å². The number of piperidine rings is 1. The number of carbonyl (C=O) groups is 1. The van der Waals surface area contributed by atoms with Crippen molar-refractivity contribution in [1.82, 2.24) is 29.9 Å². The normalized spacial score (nSPS) is 21.3. The van der Waals surface area contributed by atoms with Crippen LogP contribution in [0.4, 0.5) is 0 Å². The molecule has 4 heterocycles. The van der Waals surface area contributed by atoms with Crippen LogP contribution in [0.1, 0.15) is 36.0 Å². The Hall–Kier alpha value is -2.19. The molecule has 1 atom stereocenters. The first-order chi connectivity index (χ1) is 13.6. The quantitative estimate of drug-likeness (QED) is 0.832. The molecule has 0 bridgehead atoms. The zero-order valence-corrected chi connectivity index (χ0v) is 16.9. The maximum Gasteiger partial charge on any atom is 0.224 e. The van der Waals surface area contributed by atoms with Gasteiger partial charge in [0.2, 0.25) is 5.91 Å². The standard InChI is InChI=1S/C20H30N6O2/c1-15-5-6-17(28-15)14-25-9-7-18-22-23-19(26(18)11-10-25)12-21-20(27)16-4-3-8-24(2)13-16/h5-6,16H,3-4,7-14H2,1-2H3,(H,21,27). The van der Waals surface area contributed by atoms with Crippen molar-refractivity contribution in [2.45, 2.75) is 45.8 Å². The van der Waals surface area contributed by atoms with Gasteiger partial charge in [0.1, 0.15) is 17.3 Å². The van der Waals surface area contributed by atoms with E-state index in [1.807, 2.05) is 19.1 Å². The molecule has 0 aliphatic carbocycles. The summed E-state index contributed by atoms with van der Waals surface area (Å²) in [5.41, 5.74) is 0. The Morgan fingerprint density at radius 2 is 2.14 bits per heavy atom. The lowest BCUT2D eigenvalue weighted by atomic mass is 9.98. The molecule has 2 aliphatic heterocycles. The Morgan fingerprint density at radius 1 is 1.25 bits per heavy atom. The highest BCUT2D eigenvalue weighted by molar-refractivity contribution is 5.78. The SMILES string of the molecule is Cc1ccc(CN2CCc3nnc(CNC(=O)C4CCCN(C)C4)n3CC2)o1. The monoisotopic (exact) mass is 386 g/mol. The maximum atomic E-state index is 12.5. The molecule has 4 rings (SSSR count). The molecule has 28 heavy (non-hydrogen) atoms. The van der Waals surface area contributed by atoms with Crippen LogP contribution in [0.15, 0.2) is 16.5 Å². The van der Waals surface area contributed by atoms with Gasteiger partial charge in [0.25, 0.3) is 0 Å². The summed E-state index contributed by atoms with van der Waals surface area (Å²) in [6.45, 7) is 7.83. The lowest BCUT2D eigenvalue weighted by Gasteiger charge is -2.28. The second-order valence-electron chi connectivity index (χ2n) is 8.04. The summed E-state index contributed by atoms with van der Waals surface area (Å²) >= 11 is 0. The van der Waals surface area contributed by atoms with Gasteiger partial charge in [-0.05, 0) is 45.5 Å². The highest BCUT2D eigenvalue weighted by atomic mass is 16.3. The Labute approximate surface area is 165 Å². The van der Waals surface area contributed by atoms with Gasteiger partial charge < -0.3 is 19.2 Å². The molecule has 0 spiro atoms. The van der Waals surface area contributed by atoms with Crippen molar-refractivity contribution in [1.29, 1.82) is 0 Å². The Kier molecular flexibility index (Phi) is 5.77. The molecule has 2 aromatic heterocycles. The number of nitrogens with zero attached hydrogens (tertiary/aromatic N) is 5. The number of aromatic nitrogens is 3. The van der Waals surface area contributed by atoms with E-state index in [9.17, 15) is 4.79 Å². The van der Waals surface area contributed by atoms with Crippen LogP contribution in [0.25, 0.3) is 0 Å². The smallest absolute Gasteiger partial charge is 0.224 e. The molecule has 1 saturated heterocycles. The predicted molar refractivity (Wildman–Crippen MR) is 105 cm³/mol. The molecule has 1 amide bonds. The van der Waals surface area contributed by atoms with E-state index in [0.717, 1.165) is 81.7 Å². The summed E-state index contributed by atoms with van der Waals surface area (Å²) in [5.74, 6) is 4.01. The van der Waals surface area contributed by atoms with Crippen molar-refractivity contribution in [3.8, 4) is 0 Å². The fraction of sp³-hybridized carbons (Fsp3) is 0.650. The molecule has 0 saturated carbocycles. The van der Waals surface area contributed by atoms with Gasteiger partial charge in [-0.1, -0.05) is 0 Å². The molecule has 1 unspecified atom stereocenters. The first kappa shape index (κ1) is 19.1.